The first-order valence-electron chi connectivity index (χ1n) is 8.33. The third-order valence-electron chi connectivity index (χ3n) is 4.36. The normalized spacial score (nSPS) is 11.6. The highest BCUT2D eigenvalue weighted by molar-refractivity contribution is 5.88. The summed E-state index contributed by atoms with van der Waals surface area (Å²) in [5.41, 5.74) is 4.56. The van der Waals surface area contributed by atoms with Crippen LogP contribution in [-0.4, -0.2) is 29.3 Å². The summed E-state index contributed by atoms with van der Waals surface area (Å²) in [5.74, 6) is 1.66. The second kappa shape index (κ2) is 5.81. The van der Waals surface area contributed by atoms with Gasteiger partial charge in [-0.3, -0.25) is 0 Å². The van der Waals surface area contributed by atoms with Crippen molar-refractivity contribution in [3.63, 3.8) is 0 Å². The minimum atomic E-state index is 0.463. The van der Waals surface area contributed by atoms with Gasteiger partial charge in [0.05, 0.1) is 0 Å². The second-order valence-electron chi connectivity index (χ2n) is 6.66. The number of fused-ring (bicyclic) bond motifs is 1. The molecule has 0 bridgehead atoms. The Morgan fingerprint density at radius 2 is 1.80 bits per heavy atom. The molecule has 0 atom stereocenters. The summed E-state index contributed by atoms with van der Waals surface area (Å²) in [6.07, 6.45) is 7.40. The van der Waals surface area contributed by atoms with E-state index in [1.54, 1.807) is 23.4 Å². The molecule has 6 heteroatoms. The minimum absolute atomic E-state index is 0.463. The Labute approximate surface area is 146 Å². The molecule has 126 valence electrons. The maximum Gasteiger partial charge on any atom is 0.251 e. The Balaban J connectivity index is 1.77. The Morgan fingerprint density at radius 3 is 2.52 bits per heavy atom. The maximum absolute atomic E-state index is 4.54. The molecule has 0 aliphatic carbocycles. The Kier molecular flexibility index (Phi) is 3.60. The molecule has 0 saturated heterocycles. The number of rotatable bonds is 3. The first-order chi connectivity index (χ1) is 12.0. The van der Waals surface area contributed by atoms with Crippen LogP contribution in [0.4, 0.5) is 0 Å². The zero-order chi connectivity index (χ0) is 17.6. The van der Waals surface area contributed by atoms with E-state index in [-0.39, 0.29) is 0 Å². The lowest BCUT2D eigenvalue weighted by Crippen LogP contribution is -2.01. The van der Waals surface area contributed by atoms with Gasteiger partial charge in [-0.2, -0.15) is 4.68 Å². The van der Waals surface area contributed by atoms with Crippen LogP contribution in [-0.2, 0) is 7.05 Å². The zero-order valence-electron chi connectivity index (χ0n) is 14.8. The molecule has 0 amide bonds. The first-order valence-corrected chi connectivity index (χ1v) is 8.33. The lowest BCUT2D eigenvalue weighted by atomic mass is 10.0. The average Bonchev–Trinajstić information content (AvgIpc) is 3.21. The quantitative estimate of drug-likeness (QED) is 0.574. The third kappa shape index (κ3) is 2.69. The molecule has 3 aromatic heterocycles. The van der Waals surface area contributed by atoms with Gasteiger partial charge in [-0.05, 0) is 42.2 Å². The Bertz CT molecular complexity index is 1040. The van der Waals surface area contributed by atoms with Gasteiger partial charge in [0, 0.05) is 42.1 Å². The summed E-state index contributed by atoms with van der Waals surface area (Å²) in [6, 6.07) is 6.35. The number of aryl methyl sites for hydroxylation is 2. The molecular weight excluding hydrogens is 312 g/mol. The lowest BCUT2D eigenvalue weighted by molar-refractivity contribution is 0.806. The fraction of sp³-hybridized carbons (Fsp3) is 0.263. The monoisotopic (exact) mass is 332 g/mol. The Morgan fingerprint density at radius 1 is 1.04 bits per heavy atom. The van der Waals surface area contributed by atoms with Crippen molar-refractivity contribution in [2.45, 2.75) is 26.7 Å². The predicted molar refractivity (Wildman–Crippen MR) is 97.7 cm³/mol. The van der Waals surface area contributed by atoms with Crippen molar-refractivity contribution >= 4 is 10.9 Å². The largest absolute Gasteiger partial charge is 0.350 e. The number of aromatic nitrogens is 6. The highest BCUT2D eigenvalue weighted by Crippen LogP contribution is 2.30. The smallest absolute Gasteiger partial charge is 0.251 e. The number of hydrogen-bond acceptors (Lipinski definition) is 4. The van der Waals surface area contributed by atoms with Crippen LogP contribution in [0.5, 0.6) is 0 Å². The van der Waals surface area contributed by atoms with E-state index in [2.05, 4.69) is 69.9 Å². The van der Waals surface area contributed by atoms with Crippen LogP contribution in [0.15, 0.2) is 43.1 Å². The van der Waals surface area contributed by atoms with Crippen LogP contribution in [0.25, 0.3) is 28.2 Å². The topological polar surface area (TPSA) is 61.4 Å². The van der Waals surface area contributed by atoms with Gasteiger partial charge in [-0.25, -0.2) is 15.0 Å². The van der Waals surface area contributed by atoms with Crippen molar-refractivity contribution < 1.29 is 0 Å². The molecule has 3 heterocycles. The summed E-state index contributed by atoms with van der Waals surface area (Å²) in [5, 5.41) is 5.79. The molecule has 0 fully saturated rings. The zero-order valence-corrected chi connectivity index (χ0v) is 14.8. The molecule has 0 radical (unpaired) electrons. The van der Waals surface area contributed by atoms with E-state index in [0.717, 1.165) is 11.1 Å². The van der Waals surface area contributed by atoms with Gasteiger partial charge in [0.1, 0.15) is 6.33 Å². The standard InChI is InChI=1S/C19H20N6/c1-12(2)16-10-24(4)17-6-5-14(7-15(16)17)18-22-11-25(23-18)19-20-8-13(3)9-21-19/h5-12H,1-4H3. The highest BCUT2D eigenvalue weighted by Gasteiger charge is 2.13. The summed E-state index contributed by atoms with van der Waals surface area (Å²) in [4.78, 5) is 13.0. The van der Waals surface area contributed by atoms with Crippen molar-refractivity contribution in [3.05, 3.63) is 54.2 Å². The van der Waals surface area contributed by atoms with E-state index in [1.165, 1.54) is 16.5 Å². The molecule has 0 unspecified atom stereocenters. The lowest BCUT2D eigenvalue weighted by Gasteiger charge is -2.03. The van der Waals surface area contributed by atoms with Gasteiger partial charge >= 0.3 is 0 Å². The number of hydrogen-bond donors (Lipinski definition) is 0. The average molecular weight is 332 g/mol. The predicted octanol–water partition coefficient (Wildman–Crippen LogP) is 3.65. The molecule has 0 saturated carbocycles. The van der Waals surface area contributed by atoms with Crippen molar-refractivity contribution in [1.29, 1.82) is 0 Å². The van der Waals surface area contributed by atoms with E-state index in [0.29, 0.717) is 17.7 Å². The molecule has 0 spiro atoms. The molecule has 6 nitrogen and oxygen atoms in total. The summed E-state index contributed by atoms with van der Waals surface area (Å²) in [6.45, 7) is 6.38. The van der Waals surface area contributed by atoms with Gasteiger partial charge in [0.2, 0.25) is 0 Å². The van der Waals surface area contributed by atoms with Crippen molar-refractivity contribution in [1.82, 2.24) is 29.3 Å². The summed E-state index contributed by atoms with van der Waals surface area (Å²) < 4.78 is 3.77. The SMILES string of the molecule is Cc1cnc(-n2cnc(-c3ccc4c(c3)c(C(C)C)cn4C)n2)nc1. The Hall–Kier alpha value is -3.02. The van der Waals surface area contributed by atoms with Crippen molar-refractivity contribution in [2.75, 3.05) is 0 Å². The van der Waals surface area contributed by atoms with Crippen molar-refractivity contribution in [2.24, 2.45) is 7.05 Å². The van der Waals surface area contributed by atoms with Gasteiger partial charge in [-0.1, -0.05) is 13.8 Å². The molecular formula is C19H20N6. The summed E-state index contributed by atoms with van der Waals surface area (Å²) in [7, 11) is 2.08. The number of benzene rings is 1. The van der Waals surface area contributed by atoms with E-state index >= 15 is 0 Å². The van der Waals surface area contributed by atoms with Gasteiger partial charge in [0.25, 0.3) is 5.95 Å². The van der Waals surface area contributed by atoms with Crippen LogP contribution < -0.4 is 0 Å². The summed E-state index contributed by atoms with van der Waals surface area (Å²) >= 11 is 0. The van der Waals surface area contributed by atoms with Gasteiger partial charge < -0.3 is 4.57 Å². The van der Waals surface area contributed by atoms with E-state index < -0.39 is 0 Å². The molecule has 0 aliphatic heterocycles. The maximum atomic E-state index is 4.54. The first kappa shape index (κ1) is 15.5. The van der Waals surface area contributed by atoms with Gasteiger partial charge in [0.15, 0.2) is 5.82 Å². The molecule has 25 heavy (non-hydrogen) atoms. The van der Waals surface area contributed by atoms with Crippen molar-refractivity contribution in [3.8, 4) is 17.3 Å². The minimum Gasteiger partial charge on any atom is -0.350 e. The second-order valence-corrected chi connectivity index (χ2v) is 6.66. The fourth-order valence-corrected chi connectivity index (χ4v) is 3.02. The van der Waals surface area contributed by atoms with Crippen LogP contribution in [0.2, 0.25) is 0 Å². The van der Waals surface area contributed by atoms with Crippen LogP contribution in [0, 0.1) is 6.92 Å². The third-order valence-corrected chi connectivity index (χ3v) is 4.36. The van der Waals surface area contributed by atoms with Crippen LogP contribution in [0.3, 0.4) is 0 Å². The van der Waals surface area contributed by atoms with Crippen LogP contribution in [0.1, 0.15) is 30.9 Å². The molecule has 0 aliphatic rings. The molecule has 4 aromatic rings. The van der Waals surface area contributed by atoms with E-state index in [4.69, 9.17) is 0 Å². The molecule has 0 N–H and O–H groups in total. The van der Waals surface area contributed by atoms with E-state index in [9.17, 15) is 0 Å². The fourth-order valence-electron chi connectivity index (χ4n) is 3.02. The van der Waals surface area contributed by atoms with E-state index in [1.807, 2.05) is 6.92 Å². The number of nitrogens with zero attached hydrogens (tertiary/aromatic N) is 6. The molecule has 4 rings (SSSR count). The highest BCUT2D eigenvalue weighted by atomic mass is 15.4. The van der Waals surface area contributed by atoms with Crippen LogP contribution >= 0.6 is 0 Å². The van der Waals surface area contributed by atoms with Gasteiger partial charge in [-0.15, -0.1) is 5.10 Å². The molecule has 1 aromatic carbocycles.